The van der Waals surface area contributed by atoms with Gasteiger partial charge in [-0.15, -0.1) is 0 Å². The first-order valence-corrected chi connectivity index (χ1v) is 8.40. The van der Waals surface area contributed by atoms with Gasteiger partial charge in [0.25, 0.3) is 0 Å². The van der Waals surface area contributed by atoms with E-state index in [9.17, 15) is 8.42 Å². The molecule has 1 atom stereocenters. The summed E-state index contributed by atoms with van der Waals surface area (Å²) in [6.45, 7) is 0.954. The van der Waals surface area contributed by atoms with Crippen molar-refractivity contribution in [1.82, 2.24) is 5.32 Å². The Morgan fingerprint density at radius 3 is 2.71 bits per heavy atom. The number of nitrogens with one attached hydrogen (secondary N) is 1. The zero-order valence-electron chi connectivity index (χ0n) is 9.74. The number of rotatable bonds is 2. The molecular formula is C12H16BrNO2S. The van der Waals surface area contributed by atoms with Crippen molar-refractivity contribution in [2.75, 3.05) is 12.8 Å². The van der Waals surface area contributed by atoms with Crippen molar-refractivity contribution < 1.29 is 8.42 Å². The predicted molar refractivity (Wildman–Crippen MR) is 71.8 cm³/mol. The average Bonchev–Trinajstić information content (AvgIpc) is 2.28. The highest BCUT2D eigenvalue weighted by Gasteiger charge is 2.24. The Hall–Kier alpha value is -0.390. The topological polar surface area (TPSA) is 46.2 Å². The van der Waals surface area contributed by atoms with Gasteiger partial charge in [-0.1, -0.05) is 28.4 Å². The highest BCUT2D eigenvalue weighted by Crippen LogP contribution is 2.34. The fourth-order valence-electron chi connectivity index (χ4n) is 2.28. The second-order valence-electron chi connectivity index (χ2n) is 4.43. The van der Waals surface area contributed by atoms with Crippen molar-refractivity contribution in [3.05, 3.63) is 28.2 Å². The third kappa shape index (κ3) is 2.89. The molecule has 3 nitrogen and oxygen atoms in total. The molecule has 94 valence electrons. The fraction of sp³-hybridized carbons (Fsp3) is 0.500. The standard InChI is InChI=1S/C12H16BrNO2S/c1-17(15,16)11-7-4-5-9(13)12(11)10-6-2-3-8-14-10/h4-5,7,10,14H,2-3,6,8H2,1H3. The molecule has 1 aromatic rings. The fourth-order valence-corrected chi connectivity index (χ4v) is 4.03. The lowest BCUT2D eigenvalue weighted by molar-refractivity contribution is 0.406. The van der Waals surface area contributed by atoms with Crippen molar-refractivity contribution in [2.24, 2.45) is 0 Å². The first kappa shape index (κ1) is 13.1. The summed E-state index contributed by atoms with van der Waals surface area (Å²) in [5, 5.41) is 3.39. The summed E-state index contributed by atoms with van der Waals surface area (Å²) < 4.78 is 24.5. The minimum Gasteiger partial charge on any atom is -0.310 e. The van der Waals surface area contributed by atoms with E-state index in [2.05, 4.69) is 21.2 Å². The number of benzene rings is 1. The van der Waals surface area contributed by atoms with Gasteiger partial charge in [0.15, 0.2) is 9.84 Å². The molecule has 2 rings (SSSR count). The molecule has 0 bridgehead atoms. The van der Waals surface area contributed by atoms with Crippen LogP contribution in [0.15, 0.2) is 27.6 Å². The minimum absolute atomic E-state index is 0.143. The molecule has 1 aliphatic rings. The Kier molecular flexibility index (Phi) is 3.90. The molecule has 1 aromatic carbocycles. The molecule has 0 saturated carbocycles. The highest BCUT2D eigenvalue weighted by atomic mass is 79.9. The van der Waals surface area contributed by atoms with Crippen molar-refractivity contribution >= 4 is 25.8 Å². The van der Waals surface area contributed by atoms with Crippen LogP contribution in [0.25, 0.3) is 0 Å². The molecule has 0 aliphatic carbocycles. The second kappa shape index (κ2) is 5.08. The maximum absolute atomic E-state index is 11.8. The Morgan fingerprint density at radius 2 is 2.12 bits per heavy atom. The number of piperidine rings is 1. The van der Waals surface area contributed by atoms with Gasteiger partial charge in [0.2, 0.25) is 0 Å². The molecule has 1 fully saturated rings. The van der Waals surface area contributed by atoms with Gasteiger partial charge in [-0.05, 0) is 31.5 Å². The van der Waals surface area contributed by atoms with Gasteiger partial charge in [0.1, 0.15) is 0 Å². The van der Waals surface area contributed by atoms with E-state index in [0.717, 1.165) is 35.8 Å². The summed E-state index contributed by atoms with van der Waals surface area (Å²) in [6.07, 6.45) is 4.56. The van der Waals surface area contributed by atoms with Gasteiger partial charge in [-0.3, -0.25) is 0 Å². The molecule has 0 aromatic heterocycles. The Morgan fingerprint density at radius 1 is 1.35 bits per heavy atom. The van der Waals surface area contributed by atoms with Crippen LogP contribution in [0, 0.1) is 0 Å². The number of hydrogen-bond donors (Lipinski definition) is 1. The highest BCUT2D eigenvalue weighted by molar-refractivity contribution is 9.10. The van der Waals surface area contributed by atoms with E-state index >= 15 is 0 Å². The van der Waals surface area contributed by atoms with E-state index in [4.69, 9.17) is 0 Å². The van der Waals surface area contributed by atoms with Gasteiger partial charge in [0.05, 0.1) is 4.90 Å². The van der Waals surface area contributed by atoms with E-state index in [0.29, 0.717) is 4.90 Å². The lowest BCUT2D eigenvalue weighted by Crippen LogP contribution is -2.28. The van der Waals surface area contributed by atoms with Gasteiger partial charge in [0, 0.05) is 22.3 Å². The van der Waals surface area contributed by atoms with Crippen molar-refractivity contribution in [1.29, 1.82) is 0 Å². The summed E-state index contributed by atoms with van der Waals surface area (Å²) in [7, 11) is -3.18. The number of halogens is 1. The molecule has 0 spiro atoms. The summed E-state index contributed by atoms with van der Waals surface area (Å²) in [6, 6.07) is 5.50. The molecule has 5 heteroatoms. The van der Waals surface area contributed by atoms with E-state index in [1.165, 1.54) is 6.26 Å². The molecule has 0 radical (unpaired) electrons. The zero-order chi connectivity index (χ0) is 12.5. The predicted octanol–water partition coefficient (Wildman–Crippen LogP) is 2.67. The van der Waals surface area contributed by atoms with Gasteiger partial charge < -0.3 is 5.32 Å². The van der Waals surface area contributed by atoms with Crippen LogP contribution in [0.2, 0.25) is 0 Å². The van der Waals surface area contributed by atoms with E-state index in [1.807, 2.05) is 6.07 Å². The summed E-state index contributed by atoms with van der Waals surface area (Å²) >= 11 is 3.47. The third-order valence-corrected chi connectivity index (χ3v) is 4.92. The zero-order valence-corrected chi connectivity index (χ0v) is 12.1. The summed E-state index contributed by atoms with van der Waals surface area (Å²) in [5.74, 6) is 0. The molecular weight excluding hydrogens is 302 g/mol. The van der Waals surface area contributed by atoms with Crippen molar-refractivity contribution in [2.45, 2.75) is 30.2 Å². The normalized spacial score (nSPS) is 21.4. The lowest BCUT2D eigenvalue weighted by Gasteiger charge is -2.26. The van der Waals surface area contributed by atoms with Crippen LogP contribution in [0.4, 0.5) is 0 Å². The molecule has 1 saturated heterocycles. The first-order chi connectivity index (χ1) is 8.00. The van der Waals surface area contributed by atoms with Crippen LogP contribution in [0.1, 0.15) is 30.9 Å². The summed E-state index contributed by atoms with van der Waals surface area (Å²) in [4.78, 5) is 0.436. The Bertz CT molecular complexity index is 507. The largest absolute Gasteiger partial charge is 0.310 e. The molecule has 0 amide bonds. The van der Waals surface area contributed by atoms with Crippen LogP contribution in [0.3, 0.4) is 0 Å². The van der Waals surface area contributed by atoms with E-state index < -0.39 is 9.84 Å². The summed E-state index contributed by atoms with van der Waals surface area (Å²) in [5.41, 5.74) is 0.884. The van der Waals surface area contributed by atoms with Crippen molar-refractivity contribution in [3.8, 4) is 0 Å². The maximum Gasteiger partial charge on any atom is 0.175 e. The van der Waals surface area contributed by atoms with Gasteiger partial charge in [-0.25, -0.2) is 8.42 Å². The van der Waals surface area contributed by atoms with Crippen LogP contribution < -0.4 is 5.32 Å². The third-order valence-electron chi connectivity index (χ3n) is 3.07. The van der Waals surface area contributed by atoms with E-state index in [-0.39, 0.29) is 6.04 Å². The molecule has 1 aliphatic heterocycles. The number of sulfone groups is 1. The Balaban J connectivity index is 2.50. The average molecular weight is 318 g/mol. The van der Waals surface area contributed by atoms with E-state index in [1.54, 1.807) is 12.1 Å². The molecule has 17 heavy (non-hydrogen) atoms. The van der Waals surface area contributed by atoms with Gasteiger partial charge >= 0.3 is 0 Å². The lowest BCUT2D eigenvalue weighted by atomic mass is 9.97. The van der Waals surface area contributed by atoms with Crippen molar-refractivity contribution in [3.63, 3.8) is 0 Å². The quantitative estimate of drug-likeness (QED) is 0.912. The SMILES string of the molecule is CS(=O)(=O)c1cccc(Br)c1C1CCCCN1. The van der Waals surface area contributed by atoms with Crippen LogP contribution in [-0.4, -0.2) is 21.2 Å². The minimum atomic E-state index is -3.18. The number of hydrogen-bond acceptors (Lipinski definition) is 3. The Labute approximate surface area is 111 Å². The smallest absolute Gasteiger partial charge is 0.175 e. The monoisotopic (exact) mass is 317 g/mol. The first-order valence-electron chi connectivity index (χ1n) is 5.72. The van der Waals surface area contributed by atoms with Crippen LogP contribution in [-0.2, 0) is 9.84 Å². The molecule has 1 N–H and O–H groups in total. The van der Waals surface area contributed by atoms with Crippen LogP contribution in [0.5, 0.6) is 0 Å². The maximum atomic E-state index is 11.8. The molecule has 1 unspecified atom stereocenters. The van der Waals surface area contributed by atoms with Gasteiger partial charge in [-0.2, -0.15) is 0 Å². The second-order valence-corrected chi connectivity index (χ2v) is 7.26. The van der Waals surface area contributed by atoms with Crippen LogP contribution >= 0.6 is 15.9 Å². The molecule has 1 heterocycles.